The molecule has 0 aliphatic heterocycles. The van der Waals surface area contributed by atoms with Gasteiger partial charge in [0.25, 0.3) is 15.9 Å². The van der Waals surface area contributed by atoms with Gasteiger partial charge in [0.15, 0.2) is 5.82 Å². The lowest BCUT2D eigenvalue weighted by Crippen LogP contribution is -2.31. The van der Waals surface area contributed by atoms with Crippen molar-refractivity contribution in [3.05, 3.63) is 57.7 Å². The van der Waals surface area contributed by atoms with Crippen LogP contribution in [0, 0.1) is 13.8 Å². The molecule has 148 valence electrons. The van der Waals surface area contributed by atoms with E-state index in [0.717, 1.165) is 20.6 Å². The van der Waals surface area contributed by atoms with E-state index in [1.165, 1.54) is 29.3 Å². The molecule has 0 aliphatic rings. The van der Waals surface area contributed by atoms with E-state index in [9.17, 15) is 13.2 Å². The molecule has 1 N–H and O–H groups in total. The normalized spacial score (nSPS) is 11.4. The van der Waals surface area contributed by atoms with Gasteiger partial charge in [-0.15, -0.1) is 11.3 Å². The molecule has 0 saturated heterocycles. The van der Waals surface area contributed by atoms with Gasteiger partial charge in [0.2, 0.25) is 0 Å². The van der Waals surface area contributed by atoms with Crippen LogP contribution < -0.4 is 9.62 Å². The Morgan fingerprint density at radius 1 is 1.25 bits per heavy atom. The summed E-state index contributed by atoms with van der Waals surface area (Å²) in [5.74, 6) is -0.229. The SMILES string of the molecule is Cc1ccc(S(=O)(=O)N(C)c2c(C(=O)NCc3csc(C)n3)cnn2C)cc1. The van der Waals surface area contributed by atoms with Gasteiger partial charge >= 0.3 is 0 Å². The van der Waals surface area contributed by atoms with Gasteiger partial charge in [-0.1, -0.05) is 17.7 Å². The predicted molar refractivity (Wildman–Crippen MR) is 108 cm³/mol. The van der Waals surface area contributed by atoms with Gasteiger partial charge in [-0.2, -0.15) is 5.10 Å². The second-order valence-electron chi connectivity index (χ2n) is 6.33. The molecule has 0 spiro atoms. The number of rotatable bonds is 6. The molecule has 0 radical (unpaired) electrons. The Morgan fingerprint density at radius 3 is 2.54 bits per heavy atom. The molecule has 0 fully saturated rings. The smallest absolute Gasteiger partial charge is 0.265 e. The molecule has 2 heterocycles. The van der Waals surface area contributed by atoms with Crippen LogP contribution >= 0.6 is 11.3 Å². The van der Waals surface area contributed by atoms with E-state index in [2.05, 4.69) is 15.4 Å². The molecular formula is C18H21N5O3S2. The Balaban J connectivity index is 1.87. The minimum Gasteiger partial charge on any atom is -0.346 e. The van der Waals surface area contributed by atoms with Gasteiger partial charge in [0, 0.05) is 19.5 Å². The molecule has 0 aliphatic carbocycles. The summed E-state index contributed by atoms with van der Waals surface area (Å²) in [6.45, 7) is 4.03. The first-order valence-electron chi connectivity index (χ1n) is 8.47. The summed E-state index contributed by atoms with van der Waals surface area (Å²) in [6.07, 6.45) is 1.36. The van der Waals surface area contributed by atoms with Crippen LogP contribution in [0.4, 0.5) is 5.82 Å². The van der Waals surface area contributed by atoms with Crippen LogP contribution in [0.5, 0.6) is 0 Å². The Morgan fingerprint density at radius 2 is 1.93 bits per heavy atom. The number of hydrogen-bond donors (Lipinski definition) is 1. The number of nitrogens with one attached hydrogen (secondary N) is 1. The van der Waals surface area contributed by atoms with Gasteiger partial charge in [-0.3, -0.25) is 13.8 Å². The molecule has 28 heavy (non-hydrogen) atoms. The number of aryl methyl sites for hydroxylation is 3. The minimum atomic E-state index is -3.84. The first-order valence-corrected chi connectivity index (χ1v) is 10.8. The maximum atomic E-state index is 13.0. The first kappa shape index (κ1) is 20.0. The second-order valence-corrected chi connectivity index (χ2v) is 9.36. The molecule has 0 bridgehead atoms. The van der Waals surface area contributed by atoms with Crippen LogP contribution in [0.2, 0.25) is 0 Å². The number of amides is 1. The number of hydrogen-bond acceptors (Lipinski definition) is 6. The largest absolute Gasteiger partial charge is 0.346 e. The minimum absolute atomic E-state index is 0.145. The number of benzene rings is 1. The predicted octanol–water partition coefficient (Wildman–Crippen LogP) is 2.25. The number of carbonyl (C=O) groups excluding carboxylic acids is 1. The van der Waals surface area contributed by atoms with Crippen molar-refractivity contribution in [2.24, 2.45) is 7.05 Å². The fourth-order valence-corrected chi connectivity index (χ4v) is 4.56. The molecule has 2 aromatic heterocycles. The first-order chi connectivity index (χ1) is 13.2. The summed E-state index contributed by atoms with van der Waals surface area (Å²) in [7, 11) is -0.835. The van der Waals surface area contributed by atoms with Crippen molar-refractivity contribution in [1.29, 1.82) is 0 Å². The topological polar surface area (TPSA) is 97.2 Å². The average Bonchev–Trinajstić information content (AvgIpc) is 3.25. The quantitative estimate of drug-likeness (QED) is 0.661. The molecule has 3 aromatic rings. The molecule has 8 nitrogen and oxygen atoms in total. The van der Waals surface area contributed by atoms with E-state index in [4.69, 9.17) is 0 Å². The van der Waals surface area contributed by atoms with Gasteiger partial charge in [-0.25, -0.2) is 13.4 Å². The highest BCUT2D eigenvalue weighted by molar-refractivity contribution is 7.92. The lowest BCUT2D eigenvalue weighted by molar-refractivity contribution is 0.0951. The Bertz CT molecular complexity index is 1100. The number of thiazole rings is 1. The van der Waals surface area contributed by atoms with Crippen molar-refractivity contribution in [3.8, 4) is 0 Å². The van der Waals surface area contributed by atoms with E-state index < -0.39 is 15.9 Å². The number of nitrogens with zero attached hydrogens (tertiary/aromatic N) is 4. The highest BCUT2D eigenvalue weighted by atomic mass is 32.2. The van der Waals surface area contributed by atoms with Crippen LogP contribution in [-0.2, 0) is 23.6 Å². The maximum Gasteiger partial charge on any atom is 0.265 e. The third-order valence-electron chi connectivity index (χ3n) is 4.23. The van der Waals surface area contributed by atoms with Crippen LogP contribution in [0.1, 0.15) is 26.6 Å². The van der Waals surface area contributed by atoms with Crippen molar-refractivity contribution >= 4 is 33.1 Å². The van der Waals surface area contributed by atoms with Crippen LogP contribution in [0.3, 0.4) is 0 Å². The molecule has 0 saturated carbocycles. The Labute approximate surface area is 167 Å². The third kappa shape index (κ3) is 3.92. The average molecular weight is 420 g/mol. The Kier molecular flexibility index (Phi) is 5.52. The van der Waals surface area contributed by atoms with Crippen molar-refractivity contribution < 1.29 is 13.2 Å². The zero-order valence-electron chi connectivity index (χ0n) is 16.0. The molecule has 1 aromatic carbocycles. The van der Waals surface area contributed by atoms with Gasteiger partial charge in [-0.05, 0) is 26.0 Å². The third-order valence-corrected chi connectivity index (χ3v) is 6.81. The van der Waals surface area contributed by atoms with Crippen molar-refractivity contribution in [2.45, 2.75) is 25.3 Å². The van der Waals surface area contributed by atoms with E-state index in [1.54, 1.807) is 31.3 Å². The van der Waals surface area contributed by atoms with Crippen molar-refractivity contribution in [3.63, 3.8) is 0 Å². The fraction of sp³-hybridized carbons (Fsp3) is 0.278. The highest BCUT2D eigenvalue weighted by Gasteiger charge is 2.28. The van der Waals surface area contributed by atoms with E-state index in [0.29, 0.717) is 0 Å². The lowest BCUT2D eigenvalue weighted by Gasteiger charge is -2.21. The fourth-order valence-electron chi connectivity index (χ4n) is 2.70. The van der Waals surface area contributed by atoms with Crippen LogP contribution in [-0.4, -0.2) is 36.1 Å². The van der Waals surface area contributed by atoms with Crippen LogP contribution in [0.15, 0.2) is 40.7 Å². The number of sulfonamides is 1. The van der Waals surface area contributed by atoms with Gasteiger partial charge < -0.3 is 5.32 Å². The summed E-state index contributed by atoms with van der Waals surface area (Å²) in [5.41, 5.74) is 1.88. The summed E-state index contributed by atoms with van der Waals surface area (Å²) in [4.78, 5) is 17.1. The van der Waals surface area contributed by atoms with Crippen molar-refractivity contribution in [2.75, 3.05) is 11.4 Å². The molecule has 0 unspecified atom stereocenters. The van der Waals surface area contributed by atoms with Crippen molar-refractivity contribution in [1.82, 2.24) is 20.1 Å². The monoisotopic (exact) mass is 419 g/mol. The molecular weight excluding hydrogens is 398 g/mol. The van der Waals surface area contributed by atoms with Gasteiger partial charge in [0.1, 0.15) is 5.56 Å². The molecule has 0 atom stereocenters. The Hall–Kier alpha value is -2.72. The summed E-state index contributed by atoms with van der Waals surface area (Å²) >= 11 is 1.50. The highest BCUT2D eigenvalue weighted by Crippen LogP contribution is 2.25. The lowest BCUT2D eigenvalue weighted by atomic mass is 10.2. The summed E-state index contributed by atoms with van der Waals surface area (Å²) < 4.78 is 28.4. The molecule has 10 heteroatoms. The van der Waals surface area contributed by atoms with E-state index in [1.807, 2.05) is 19.2 Å². The number of anilines is 1. The zero-order valence-corrected chi connectivity index (χ0v) is 17.6. The molecule has 1 amide bonds. The summed E-state index contributed by atoms with van der Waals surface area (Å²) in [6, 6.07) is 6.55. The zero-order chi connectivity index (χ0) is 20.5. The van der Waals surface area contributed by atoms with E-state index in [-0.39, 0.29) is 22.8 Å². The maximum absolute atomic E-state index is 13.0. The standard InChI is InChI=1S/C18H21N5O3S2/c1-12-5-7-15(8-6-12)28(25,26)23(4)18-16(10-20-22(18)3)17(24)19-9-14-11-27-13(2)21-14/h5-8,10-11H,9H2,1-4H3,(H,19,24). The number of aromatic nitrogens is 3. The second kappa shape index (κ2) is 7.72. The molecule has 3 rings (SSSR count). The number of carbonyl (C=O) groups is 1. The van der Waals surface area contributed by atoms with E-state index >= 15 is 0 Å². The summed E-state index contributed by atoms with van der Waals surface area (Å²) in [5, 5.41) is 9.62. The van der Waals surface area contributed by atoms with Gasteiger partial charge in [0.05, 0.1) is 28.3 Å². The van der Waals surface area contributed by atoms with Crippen LogP contribution in [0.25, 0.3) is 0 Å².